The van der Waals surface area contributed by atoms with Crippen LogP contribution in [0.15, 0.2) is 60.7 Å². The SMILES string of the molecule is CC(C)(C)c1ccc(N2CC=C(c3ccccc3)NC2=O)cc1. The smallest absolute Gasteiger partial charge is 0.307 e. The van der Waals surface area contributed by atoms with Gasteiger partial charge in [-0.05, 0) is 34.8 Å². The number of hydrogen-bond acceptors (Lipinski definition) is 1. The van der Waals surface area contributed by atoms with Crippen LogP contribution in [0.5, 0.6) is 0 Å². The lowest BCUT2D eigenvalue weighted by molar-refractivity contribution is 0.250. The van der Waals surface area contributed by atoms with Crippen molar-refractivity contribution in [2.24, 2.45) is 0 Å². The molecule has 2 amide bonds. The van der Waals surface area contributed by atoms with Crippen LogP contribution in [-0.2, 0) is 5.41 Å². The molecule has 0 atom stereocenters. The van der Waals surface area contributed by atoms with Gasteiger partial charge >= 0.3 is 6.03 Å². The Morgan fingerprint density at radius 1 is 0.957 bits per heavy atom. The van der Waals surface area contributed by atoms with Crippen molar-refractivity contribution in [3.05, 3.63) is 71.8 Å². The summed E-state index contributed by atoms with van der Waals surface area (Å²) in [5.74, 6) is 0. The van der Waals surface area contributed by atoms with Gasteiger partial charge in [-0.25, -0.2) is 4.79 Å². The van der Waals surface area contributed by atoms with Gasteiger partial charge in [-0.2, -0.15) is 0 Å². The van der Waals surface area contributed by atoms with Crippen LogP contribution in [0.4, 0.5) is 10.5 Å². The van der Waals surface area contributed by atoms with Crippen molar-refractivity contribution in [2.75, 3.05) is 11.4 Å². The largest absolute Gasteiger partial charge is 0.326 e. The molecule has 1 aliphatic rings. The van der Waals surface area contributed by atoms with Gasteiger partial charge in [0.25, 0.3) is 0 Å². The number of hydrogen-bond donors (Lipinski definition) is 1. The maximum absolute atomic E-state index is 12.4. The molecule has 3 rings (SSSR count). The van der Waals surface area contributed by atoms with E-state index in [2.05, 4.69) is 44.3 Å². The highest BCUT2D eigenvalue weighted by molar-refractivity contribution is 5.99. The molecule has 0 saturated carbocycles. The monoisotopic (exact) mass is 306 g/mol. The molecule has 0 spiro atoms. The van der Waals surface area contributed by atoms with Gasteiger partial charge < -0.3 is 5.32 Å². The van der Waals surface area contributed by atoms with Crippen molar-refractivity contribution in [1.82, 2.24) is 5.32 Å². The molecular formula is C20H22N2O. The van der Waals surface area contributed by atoms with Crippen LogP contribution in [-0.4, -0.2) is 12.6 Å². The van der Waals surface area contributed by atoms with E-state index >= 15 is 0 Å². The predicted octanol–water partition coefficient (Wildman–Crippen LogP) is 4.55. The van der Waals surface area contributed by atoms with Gasteiger partial charge in [-0.15, -0.1) is 0 Å². The number of carbonyl (C=O) groups excluding carboxylic acids is 1. The molecule has 0 aliphatic carbocycles. The average molecular weight is 306 g/mol. The van der Waals surface area contributed by atoms with E-state index in [9.17, 15) is 4.79 Å². The molecule has 2 aromatic rings. The first-order valence-corrected chi connectivity index (χ1v) is 7.90. The van der Waals surface area contributed by atoms with Gasteiger partial charge in [-0.3, -0.25) is 4.90 Å². The van der Waals surface area contributed by atoms with Crippen LogP contribution >= 0.6 is 0 Å². The molecule has 0 saturated heterocycles. The summed E-state index contributed by atoms with van der Waals surface area (Å²) < 4.78 is 0. The van der Waals surface area contributed by atoms with Gasteiger partial charge in [0.15, 0.2) is 0 Å². The summed E-state index contributed by atoms with van der Waals surface area (Å²) in [7, 11) is 0. The van der Waals surface area contributed by atoms with Crippen molar-refractivity contribution in [1.29, 1.82) is 0 Å². The molecule has 0 radical (unpaired) electrons. The van der Waals surface area contributed by atoms with Crippen LogP contribution in [0, 0.1) is 0 Å². The number of rotatable bonds is 2. The average Bonchev–Trinajstić information content (AvgIpc) is 2.55. The molecule has 23 heavy (non-hydrogen) atoms. The van der Waals surface area contributed by atoms with Crippen molar-refractivity contribution in [2.45, 2.75) is 26.2 Å². The highest BCUT2D eigenvalue weighted by Crippen LogP contribution is 2.26. The molecule has 3 nitrogen and oxygen atoms in total. The molecule has 1 heterocycles. The summed E-state index contributed by atoms with van der Waals surface area (Å²) in [4.78, 5) is 14.2. The minimum Gasteiger partial charge on any atom is -0.307 e. The van der Waals surface area contributed by atoms with Gasteiger partial charge in [0.2, 0.25) is 0 Å². The van der Waals surface area contributed by atoms with E-state index in [1.165, 1.54) is 5.56 Å². The maximum Gasteiger partial charge on any atom is 0.326 e. The lowest BCUT2D eigenvalue weighted by Crippen LogP contribution is -2.43. The molecule has 0 bridgehead atoms. The number of amides is 2. The Balaban J connectivity index is 1.81. The van der Waals surface area contributed by atoms with E-state index in [0.717, 1.165) is 16.9 Å². The number of benzene rings is 2. The molecule has 1 N–H and O–H groups in total. The van der Waals surface area contributed by atoms with Crippen LogP contribution in [0.2, 0.25) is 0 Å². The lowest BCUT2D eigenvalue weighted by atomic mass is 9.87. The van der Waals surface area contributed by atoms with Crippen molar-refractivity contribution in [3.8, 4) is 0 Å². The molecular weight excluding hydrogens is 284 g/mol. The summed E-state index contributed by atoms with van der Waals surface area (Å²) >= 11 is 0. The Hall–Kier alpha value is -2.55. The van der Waals surface area contributed by atoms with Gasteiger partial charge in [0.1, 0.15) is 0 Å². The van der Waals surface area contributed by atoms with E-state index in [1.54, 1.807) is 4.90 Å². The standard InChI is InChI=1S/C20H22N2O/c1-20(2,3)16-9-11-17(12-10-16)22-14-13-18(21-19(22)23)15-7-5-4-6-8-15/h4-13H,14H2,1-3H3,(H,21,23). The summed E-state index contributed by atoms with van der Waals surface area (Å²) in [5, 5.41) is 2.97. The molecule has 0 aromatic heterocycles. The number of carbonyl (C=O) groups is 1. The third kappa shape index (κ3) is 3.29. The molecule has 0 unspecified atom stereocenters. The summed E-state index contributed by atoms with van der Waals surface area (Å²) in [5.41, 5.74) is 4.20. The minimum atomic E-state index is -0.0881. The maximum atomic E-state index is 12.4. The quantitative estimate of drug-likeness (QED) is 0.867. The van der Waals surface area contributed by atoms with Crippen molar-refractivity contribution in [3.63, 3.8) is 0 Å². The zero-order chi connectivity index (χ0) is 16.4. The third-order valence-corrected chi connectivity index (χ3v) is 4.09. The van der Waals surface area contributed by atoms with Crippen LogP contribution < -0.4 is 10.2 Å². The van der Waals surface area contributed by atoms with Crippen LogP contribution in [0.3, 0.4) is 0 Å². The second-order valence-corrected chi connectivity index (χ2v) is 6.82. The Bertz CT molecular complexity index is 724. The second-order valence-electron chi connectivity index (χ2n) is 6.82. The highest BCUT2D eigenvalue weighted by atomic mass is 16.2. The fourth-order valence-electron chi connectivity index (χ4n) is 2.67. The topological polar surface area (TPSA) is 32.3 Å². The highest BCUT2D eigenvalue weighted by Gasteiger charge is 2.21. The molecule has 3 heteroatoms. The Labute approximate surface area is 137 Å². The predicted molar refractivity (Wildman–Crippen MR) is 95.4 cm³/mol. The van der Waals surface area contributed by atoms with Crippen molar-refractivity contribution >= 4 is 17.4 Å². The van der Waals surface area contributed by atoms with E-state index in [4.69, 9.17) is 0 Å². The van der Waals surface area contributed by atoms with Crippen molar-refractivity contribution < 1.29 is 4.79 Å². The summed E-state index contributed by atoms with van der Waals surface area (Å²) in [6.45, 7) is 7.13. The van der Waals surface area contributed by atoms with E-state index in [1.807, 2.05) is 42.5 Å². The number of anilines is 1. The zero-order valence-electron chi connectivity index (χ0n) is 13.8. The third-order valence-electron chi connectivity index (χ3n) is 4.09. The Kier molecular flexibility index (Phi) is 3.95. The first kappa shape index (κ1) is 15.3. The van der Waals surface area contributed by atoms with Gasteiger partial charge in [0, 0.05) is 17.9 Å². The Morgan fingerprint density at radius 2 is 1.61 bits per heavy atom. The molecule has 118 valence electrons. The summed E-state index contributed by atoms with van der Waals surface area (Å²) in [6, 6.07) is 18.0. The summed E-state index contributed by atoms with van der Waals surface area (Å²) in [6.07, 6.45) is 2.05. The van der Waals surface area contributed by atoms with Gasteiger partial charge in [0.05, 0.1) is 0 Å². The molecule has 0 fully saturated rings. The second kappa shape index (κ2) is 5.92. The van der Waals surface area contributed by atoms with E-state index in [-0.39, 0.29) is 11.4 Å². The molecule has 1 aliphatic heterocycles. The van der Waals surface area contributed by atoms with E-state index in [0.29, 0.717) is 6.54 Å². The first-order chi connectivity index (χ1) is 10.9. The normalized spacial score (nSPS) is 15.2. The zero-order valence-corrected chi connectivity index (χ0v) is 13.8. The van der Waals surface area contributed by atoms with Crippen LogP contribution in [0.25, 0.3) is 5.70 Å². The Morgan fingerprint density at radius 3 is 2.17 bits per heavy atom. The number of nitrogens with zero attached hydrogens (tertiary/aromatic N) is 1. The number of urea groups is 1. The number of nitrogens with one attached hydrogen (secondary N) is 1. The van der Waals surface area contributed by atoms with Gasteiger partial charge in [-0.1, -0.05) is 63.2 Å². The van der Waals surface area contributed by atoms with Crippen LogP contribution in [0.1, 0.15) is 31.9 Å². The first-order valence-electron chi connectivity index (χ1n) is 7.90. The lowest BCUT2D eigenvalue weighted by Gasteiger charge is -2.28. The fraction of sp³-hybridized carbons (Fsp3) is 0.250. The minimum absolute atomic E-state index is 0.0881. The fourth-order valence-corrected chi connectivity index (χ4v) is 2.67. The molecule has 2 aromatic carbocycles. The van der Waals surface area contributed by atoms with E-state index < -0.39 is 0 Å².